The van der Waals surface area contributed by atoms with Crippen LogP contribution in [0.25, 0.3) is 0 Å². The largest absolute Gasteiger partial charge is 0.465 e. The molecule has 1 aromatic carbocycles. The lowest BCUT2D eigenvalue weighted by molar-refractivity contribution is 0.209. The molecule has 2 N–H and O–H groups in total. The molecule has 3 heteroatoms. The van der Waals surface area contributed by atoms with E-state index in [4.69, 9.17) is 5.11 Å². The second-order valence-corrected chi connectivity index (χ2v) is 3.62. The summed E-state index contributed by atoms with van der Waals surface area (Å²) in [7, 11) is 0. The summed E-state index contributed by atoms with van der Waals surface area (Å²) in [5, 5.41) is 11.1. The number of nitrogens with one attached hydrogen (secondary N) is 1. The SMILES string of the molecule is Cc1cccc(C(C)C)c1NC(=O)O. The van der Waals surface area contributed by atoms with Crippen LogP contribution in [0.4, 0.5) is 10.5 Å². The quantitative estimate of drug-likeness (QED) is 0.757. The van der Waals surface area contributed by atoms with Gasteiger partial charge in [0.05, 0.1) is 5.69 Å². The zero-order valence-electron chi connectivity index (χ0n) is 8.66. The van der Waals surface area contributed by atoms with E-state index in [1.165, 1.54) is 0 Å². The van der Waals surface area contributed by atoms with E-state index in [2.05, 4.69) is 5.32 Å². The molecular formula is C11H15NO2. The molecule has 0 aliphatic rings. The second-order valence-electron chi connectivity index (χ2n) is 3.62. The lowest BCUT2D eigenvalue weighted by Gasteiger charge is -2.14. The van der Waals surface area contributed by atoms with Crippen molar-refractivity contribution < 1.29 is 9.90 Å². The van der Waals surface area contributed by atoms with E-state index >= 15 is 0 Å². The van der Waals surface area contributed by atoms with Gasteiger partial charge in [0.2, 0.25) is 0 Å². The molecule has 1 aromatic rings. The monoisotopic (exact) mass is 193 g/mol. The molecule has 1 amide bonds. The Hall–Kier alpha value is -1.51. The zero-order chi connectivity index (χ0) is 10.7. The minimum Gasteiger partial charge on any atom is -0.465 e. The molecule has 0 fully saturated rings. The van der Waals surface area contributed by atoms with E-state index in [1.54, 1.807) is 0 Å². The van der Waals surface area contributed by atoms with E-state index in [-0.39, 0.29) is 0 Å². The average Bonchev–Trinajstić information content (AvgIpc) is 2.07. The summed E-state index contributed by atoms with van der Waals surface area (Å²) in [5.41, 5.74) is 2.71. The minimum atomic E-state index is -1.01. The van der Waals surface area contributed by atoms with Crippen molar-refractivity contribution in [2.24, 2.45) is 0 Å². The maximum atomic E-state index is 10.6. The first-order valence-electron chi connectivity index (χ1n) is 4.62. The number of para-hydroxylation sites is 1. The van der Waals surface area contributed by atoms with Gasteiger partial charge in [0, 0.05) is 0 Å². The Morgan fingerprint density at radius 3 is 2.57 bits per heavy atom. The lowest BCUT2D eigenvalue weighted by Crippen LogP contribution is -2.11. The number of aryl methyl sites for hydroxylation is 1. The van der Waals surface area contributed by atoms with Gasteiger partial charge in [0.1, 0.15) is 0 Å². The molecule has 0 spiro atoms. The van der Waals surface area contributed by atoms with E-state index in [1.807, 2.05) is 39.0 Å². The molecule has 0 atom stereocenters. The Balaban J connectivity index is 3.15. The number of anilines is 1. The third kappa shape index (κ3) is 2.25. The molecule has 0 radical (unpaired) electrons. The van der Waals surface area contributed by atoms with Crippen LogP contribution in [0, 0.1) is 6.92 Å². The second kappa shape index (κ2) is 4.13. The van der Waals surface area contributed by atoms with Gasteiger partial charge in [-0.2, -0.15) is 0 Å². The normalized spacial score (nSPS) is 10.3. The molecule has 14 heavy (non-hydrogen) atoms. The molecule has 0 bridgehead atoms. The first-order valence-corrected chi connectivity index (χ1v) is 4.62. The number of benzene rings is 1. The number of carbonyl (C=O) groups is 1. The molecule has 0 saturated heterocycles. The smallest absolute Gasteiger partial charge is 0.409 e. The molecule has 0 aromatic heterocycles. The summed E-state index contributed by atoms with van der Waals surface area (Å²) in [6.07, 6.45) is -1.01. The summed E-state index contributed by atoms with van der Waals surface area (Å²) in [5.74, 6) is 0.316. The Morgan fingerprint density at radius 1 is 1.43 bits per heavy atom. The van der Waals surface area contributed by atoms with Gasteiger partial charge in [0.25, 0.3) is 0 Å². The van der Waals surface area contributed by atoms with Crippen LogP contribution in [0.2, 0.25) is 0 Å². The molecule has 0 heterocycles. The van der Waals surface area contributed by atoms with Crippen LogP contribution in [0.1, 0.15) is 30.9 Å². The summed E-state index contributed by atoms with van der Waals surface area (Å²) >= 11 is 0. The Morgan fingerprint density at radius 2 is 2.07 bits per heavy atom. The maximum absolute atomic E-state index is 10.6. The van der Waals surface area contributed by atoms with Crippen molar-refractivity contribution in [2.75, 3.05) is 5.32 Å². The van der Waals surface area contributed by atoms with Crippen LogP contribution in [-0.2, 0) is 0 Å². The first kappa shape index (κ1) is 10.6. The number of carboxylic acid groups (broad SMARTS) is 1. The van der Waals surface area contributed by atoms with Crippen molar-refractivity contribution in [1.82, 2.24) is 0 Å². The molecule has 1 rings (SSSR count). The highest BCUT2D eigenvalue weighted by Gasteiger charge is 2.10. The van der Waals surface area contributed by atoms with Crippen LogP contribution >= 0.6 is 0 Å². The predicted molar refractivity (Wildman–Crippen MR) is 56.9 cm³/mol. The Kier molecular flexibility index (Phi) is 3.12. The Labute approximate surface area is 83.8 Å². The number of rotatable bonds is 2. The fourth-order valence-electron chi connectivity index (χ4n) is 1.45. The molecular weight excluding hydrogens is 178 g/mol. The van der Waals surface area contributed by atoms with E-state index in [9.17, 15) is 4.79 Å². The van der Waals surface area contributed by atoms with Crippen LogP contribution in [0.5, 0.6) is 0 Å². The number of amides is 1. The third-order valence-electron chi connectivity index (χ3n) is 2.16. The highest BCUT2D eigenvalue weighted by molar-refractivity contribution is 5.85. The van der Waals surface area contributed by atoms with E-state index < -0.39 is 6.09 Å². The molecule has 0 unspecified atom stereocenters. The molecule has 0 aliphatic heterocycles. The summed E-state index contributed by atoms with van der Waals surface area (Å²) in [6.45, 7) is 5.99. The van der Waals surface area contributed by atoms with Gasteiger partial charge < -0.3 is 5.11 Å². The van der Waals surface area contributed by atoms with Gasteiger partial charge in [-0.3, -0.25) is 5.32 Å². The van der Waals surface area contributed by atoms with Gasteiger partial charge in [-0.1, -0.05) is 32.0 Å². The van der Waals surface area contributed by atoms with Crippen molar-refractivity contribution in [2.45, 2.75) is 26.7 Å². The van der Waals surface area contributed by atoms with Crippen molar-refractivity contribution in [1.29, 1.82) is 0 Å². The van der Waals surface area contributed by atoms with E-state index in [0.717, 1.165) is 16.8 Å². The fourth-order valence-corrected chi connectivity index (χ4v) is 1.45. The fraction of sp³-hybridized carbons (Fsp3) is 0.364. The van der Waals surface area contributed by atoms with Gasteiger partial charge in [-0.05, 0) is 24.0 Å². The standard InChI is InChI=1S/C11H15NO2/c1-7(2)9-6-4-5-8(3)10(9)12-11(13)14/h4-7,12H,1-3H3,(H,13,14). The van der Waals surface area contributed by atoms with Gasteiger partial charge in [-0.25, -0.2) is 4.79 Å². The van der Waals surface area contributed by atoms with Crippen LogP contribution < -0.4 is 5.32 Å². The summed E-state index contributed by atoms with van der Waals surface area (Å²) in [6, 6.07) is 5.79. The maximum Gasteiger partial charge on any atom is 0.409 e. The van der Waals surface area contributed by atoms with Crippen LogP contribution in [0.15, 0.2) is 18.2 Å². The van der Waals surface area contributed by atoms with Gasteiger partial charge in [0.15, 0.2) is 0 Å². The minimum absolute atomic E-state index is 0.316. The summed E-state index contributed by atoms with van der Waals surface area (Å²) < 4.78 is 0. The van der Waals surface area contributed by atoms with Crippen molar-refractivity contribution in [3.8, 4) is 0 Å². The highest BCUT2D eigenvalue weighted by atomic mass is 16.4. The van der Waals surface area contributed by atoms with Crippen molar-refractivity contribution in [3.63, 3.8) is 0 Å². The summed E-state index contributed by atoms with van der Waals surface area (Å²) in [4.78, 5) is 10.6. The molecule has 76 valence electrons. The van der Waals surface area contributed by atoms with Gasteiger partial charge in [-0.15, -0.1) is 0 Å². The average molecular weight is 193 g/mol. The van der Waals surface area contributed by atoms with Crippen molar-refractivity contribution >= 4 is 11.8 Å². The first-order chi connectivity index (χ1) is 6.52. The molecule has 3 nitrogen and oxygen atoms in total. The number of hydrogen-bond acceptors (Lipinski definition) is 1. The van der Waals surface area contributed by atoms with Gasteiger partial charge >= 0.3 is 6.09 Å². The lowest BCUT2D eigenvalue weighted by atomic mass is 9.98. The zero-order valence-corrected chi connectivity index (χ0v) is 8.66. The molecule has 0 saturated carbocycles. The predicted octanol–water partition coefficient (Wildman–Crippen LogP) is 3.21. The van der Waals surface area contributed by atoms with Crippen LogP contribution in [0.3, 0.4) is 0 Å². The Bertz CT molecular complexity index is 345. The van der Waals surface area contributed by atoms with E-state index in [0.29, 0.717) is 5.92 Å². The molecule has 0 aliphatic carbocycles. The topological polar surface area (TPSA) is 49.3 Å². The number of hydrogen-bond donors (Lipinski definition) is 2. The van der Waals surface area contributed by atoms with Crippen molar-refractivity contribution in [3.05, 3.63) is 29.3 Å². The van der Waals surface area contributed by atoms with Crippen LogP contribution in [-0.4, -0.2) is 11.2 Å². The highest BCUT2D eigenvalue weighted by Crippen LogP contribution is 2.27. The third-order valence-corrected chi connectivity index (χ3v) is 2.16.